The summed E-state index contributed by atoms with van der Waals surface area (Å²) in [6.07, 6.45) is 3.73. The molecule has 9 rings (SSSR count). The van der Waals surface area contributed by atoms with Crippen molar-refractivity contribution in [3.05, 3.63) is 108 Å². The van der Waals surface area contributed by atoms with Crippen LogP contribution in [-0.2, 0) is 19.1 Å². The fraction of sp³-hybridized carbons (Fsp3) is 0.319. The summed E-state index contributed by atoms with van der Waals surface area (Å²) < 4.78 is 12.0. The highest BCUT2D eigenvalue weighted by atomic mass is 32.1. The van der Waals surface area contributed by atoms with Gasteiger partial charge < -0.3 is 39.9 Å². The predicted octanol–water partition coefficient (Wildman–Crippen LogP) is 8.79. The molecule has 5 heterocycles. The van der Waals surface area contributed by atoms with Crippen LogP contribution in [0.25, 0.3) is 53.6 Å². The molecule has 4 unspecified atom stereocenters. The van der Waals surface area contributed by atoms with E-state index < -0.39 is 24.3 Å². The summed E-state index contributed by atoms with van der Waals surface area (Å²) in [5.74, 6) is 0.987. The van der Waals surface area contributed by atoms with Gasteiger partial charge in [-0.25, -0.2) is 19.6 Å². The number of thiophene rings is 1. The minimum atomic E-state index is -0.884. The summed E-state index contributed by atoms with van der Waals surface area (Å²) in [6, 6.07) is 26.4. The third-order valence-electron chi connectivity index (χ3n) is 12.1. The molecule has 0 spiro atoms. The number of amides is 4. The number of nitrogens with one attached hydrogen (secondary N) is 4. The summed E-state index contributed by atoms with van der Waals surface area (Å²) >= 11 is 1.74. The highest BCUT2D eigenvalue weighted by molar-refractivity contribution is 7.25. The van der Waals surface area contributed by atoms with Gasteiger partial charge in [-0.15, -0.1) is 11.3 Å². The van der Waals surface area contributed by atoms with Crippen molar-refractivity contribution in [1.29, 1.82) is 0 Å². The molecule has 2 aliphatic rings. The summed E-state index contributed by atoms with van der Waals surface area (Å²) in [7, 11) is 2.58. The number of fused-ring (bicyclic) bond motifs is 4. The molecule has 14 nitrogen and oxygen atoms in total. The molecule has 2 saturated heterocycles. The van der Waals surface area contributed by atoms with Crippen LogP contribution in [0.15, 0.2) is 91.1 Å². The van der Waals surface area contributed by atoms with E-state index in [4.69, 9.17) is 19.4 Å². The highest BCUT2D eigenvalue weighted by Gasteiger charge is 2.39. The molecule has 4 N–H and O–H groups in total. The summed E-state index contributed by atoms with van der Waals surface area (Å²) in [5.41, 5.74) is 6.39. The van der Waals surface area contributed by atoms with E-state index in [0.717, 1.165) is 69.6 Å². The molecule has 15 heteroatoms. The molecule has 0 radical (unpaired) electrons. The monoisotopic (exact) mass is 852 g/mol. The molecule has 62 heavy (non-hydrogen) atoms. The van der Waals surface area contributed by atoms with Gasteiger partial charge in [0.05, 0.1) is 49.2 Å². The molecule has 3 aromatic heterocycles. The van der Waals surface area contributed by atoms with Gasteiger partial charge in [-0.3, -0.25) is 9.59 Å². The fourth-order valence-electron chi connectivity index (χ4n) is 8.93. The number of hydrogen-bond donors (Lipinski definition) is 4. The number of aromatic nitrogens is 4. The molecule has 4 amide bonds. The number of nitrogens with zero attached hydrogens (tertiary/aromatic N) is 4. The average Bonchev–Trinajstić information content (AvgIpc) is 4.15. The minimum absolute atomic E-state index is 0.112. The second-order valence-corrected chi connectivity index (χ2v) is 17.4. The summed E-state index contributed by atoms with van der Waals surface area (Å²) in [4.78, 5) is 72.4. The van der Waals surface area contributed by atoms with Crippen LogP contribution in [0.1, 0.15) is 74.9 Å². The third-order valence-corrected chi connectivity index (χ3v) is 13.3. The van der Waals surface area contributed by atoms with E-state index in [-0.39, 0.29) is 29.8 Å². The van der Waals surface area contributed by atoms with Crippen molar-refractivity contribution in [2.24, 2.45) is 5.92 Å². The Labute approximate surface area is 362 Å². The van der Waals surface area contributed by atoms with E-state index in [2.05, 4.69) is 69.1 Å². The van der Waals surface area contributed by atoms with E-state index >= 15 is 0 Å². The molecule has 2 fully saturated rings. The van der Waals surface area contributed by atoms with Crippen molar-refractivity contribution in [2.75, 3.05) is 27.3 Å². The lowest BCUT2D eigenvalue weighted by Crippen LogP contribution is -2.51. The number of ether oxygens (including phenoxy) is 2. The number of carbonyl (C=O) groups excluding carboxylic acids is 4. The van der Waals surface area contributed by atoms with Gasteiger partial charge in [-0.2, -0.15) is 0 Å². The van der Waals surface area contributed by atoms with Crippen LogP contribution in [0.2, 0.25) is 0 Å². The Morgan fingerprint density at radius 3 is 2.03 bits per heavy atom. The molecule has 7 aromatic rings. The standard InChI is InChI=1S/C47H48N8O6S/c1-26(2)40(52-46(58)60-3)44(56)55-21-9-13-37(55)43-49-33-19-16-28(22-34(33)50-43)29-14-17-31-32-18-15-30(24-39(32)62-38(31)23-29)35-25-48-42(51-35)36-12-8-20-54(36)45(57)41(53-47(59)61-4)27-10-6-5-7-11-27/h5-7,10-11,14-19,22-26,36-37,40-41H,8-9,12-13,20-21H2,1-4H3,(H,48,51)(H,49,50)(H,52,58)(H,53,59). The van der Waals surface area contributed by atoms with E-state index in [0.29, 0.717) is 24.5 Å². The third kappa shape index (κ3) is 7.72. The van der Waals surface area contributed by atoms with Crippen molar-refractivity contribution >= 4 is 66.5 Å². The van der Waals surface area contributed by atoms with Crippen LogP contribution >= 0.6 is 11.3 Å². The maximum atomic E-state index is 14.0. The van der Waals surface area contributed by atoms with Crippen LogP contribution in [-0.4, -0.2) is 87.1 Å². The first-order valence-electron chi connectivity index (χ1n) is 21.0. The number of hydrogen-bond acceptors (Lipinski definition) is 9. The van der Waals surface area contributed by atoms with Gasteiger partial charge in [0.15, 0.2) is 0 Å². The SMILES string of the molecule is COC(=O)NC(C(=O)N1CCCC1c1ncc(-c2ccc3c(c2)sc2cc(-c4ccc5nc(C6CCCN6C(=O)C(NC(=O)OC)C(C)C)[nH]c5c4)ccc23)[nH]1)c1ccccc1. The highest BCUT2D eigenvalue weighted by Crippen LogP contribution is 2.40. The molecule has 0 aliphatic carbocycles. The van der Waals surface area contributed by atoms with Gasteiger partial charge in [0.1, 0.15) is 23.7 Å². The molecular formula is C47H48N8O6S. The number of benzene rings is 4. The zero-order valence-corrected chi connectivity index (χ0v) is 35.8. The number of carbonyl (C=O) groups is 4. The Morgan fingerprint density at radius 2 is 1.34 bits per heavy atom. The van der Waals surface area contributed by atoms with E-state index in [1.54, 1.807) is 16.2 Å². The zero-order chi connectivity index (χ0) is 43.1. The van der Waals surface area contributed by atoms with Gasteiger partial charge >= 0.3 is 12.2 Å². The summed E-state index contributed by atoms with van der Waals surface area (Å²) in [5, 5.41) is 7.79. The first-order valence-corrected chi connectivity index (χ1v) is 21.8. The van der Waals surface area contributed by atoms with Gasteiger partial charge in [0, 0.05) is 38.8 Å². The first-order chi connectivity index (χ1) is 30.1. The Balaban J connectivity index is 0.936. The Kier molecular flexibility index (Phi) is 11.1. The van der Waals surface area contributed by atoms with Crippen molar-refractivity contribution < 1.29 is 28.7 Å². The molecule has 0 saturated carbocycles. The number of methoxy groups -OCH3 is 2. The van der Waals surface area contributed by atoms with Gasteiger partial charge in [0.25, 0.3) is 5.91 Å². The van der Waals surface area contributed by atoms with E-state index in [1.165, 1.54) is 29.7 Å². The number of likely N-dealkylation sites (tertiary alicyclic amines) is 2. The largest absolute Gasteiger partial charge is 0.453 e. The van der Waals surface area contributed by atoms with Gasteiger partial charge in [0.2, 0.25) is 5.91 Å². The van der Waals surface area contributed by atoms with Crippen LogP contribution in [0.3, 0.4) is 0 Å². The molecule has 4 aromatic carbocycles. The van der Waals surface area contributed by atoms with Crippen LogP contribution in [0.5, 0.6) is 0 Å². The lowest BCUT2D eigenvalue weighted by Gasteiger charge is -2.29. The van der Waals surface area contributed by atoms with E-state index in [9.17, 15) is 19.2 Å². The first kappa shape index (κ1) is 40.7. The predicted molar refractivity (Wildman–Crippen MR) is 238 cm³/mol. The maximum absolute atomic E-state index is 14.0. The second kappa shape index (κ2) is 17.0. The average molecular weight is 853 g/mol. The molecule has 2 aliphatic heterocycles. The number of aromatic amines is 2. The van der Waals surface area contributed by atoms with Crippen molar-refractivity contribution in [1.82, 2.24) is 40.4 Å². The zero-order valence-electron chi connectivity index (χ0n) is 34.9. The lowest BCUT2D eigenvalue weighted by atomic mass is 10.0. The lowest BCUT2D eigenvalue weighted by molar-refractivity contribution is -0.135. The minimum Gasteiger partial charge on any atom is -0.453 e. The molecule has 0 bridgehead atoms. The normalized spacial score (nSPS) is 17.5. The molecule has 4 atom stereocenters. The molecule has 318 valence electrons. The number of H-pyrrole nitrogens is 2. The Bertz CT molecular complexity index is 2810. The summed E-state index contributed by atoms with van der Waals surface area (Å²) in [6.45, 7) is 4.96. The van der Waals surface area contributed by atoms with Gasteiger partial charge in [-0.1, -0.05) is 74.5 Å². The fourth-order valence-corrected chi connectivity index (χ4v) is 10.1. The van der Waals surface area contributed by atoms with Crippen LogP contribution in [0, 0.1) is 5.92 Å². The van der Waals surface area contributed by atoms with Crippen LogP contribution < -0.4 is 10.6 Å². The Hall–Kier alpha value is -6.74. The quantitative estimate of drug-likeness (QED) is 0.106. The maximum Gasteiger partial charge on any atom is 0.407 e. The van der Waals surface area contributed by atoms with E-state index in [1.807, 2.05) is 61.3 Å². The van der Waals surface area contributed by atoms with Crippen molar-refractivity contribution in [2.45, 2.75) is 63.7 Å². The van der Waals surface area contributed by atoms with Crippen molar-refractivity contribution in [3.8, 4) is 22.4 Å². The number of imidazole rings is 2. The Morgan fingerprint density at radius 1 is 0.726 bits per heavy atom. The molecular weight excluding hydrogens is 805 g/mol. The van der Waals surface area contributed by atoms with Gasteiger partial charge in [-0.05, 0) is 72.6 Å². The number of alkyl carbamates (subject to hydrolysis) is 2. The van der Waals surface area contributed by atoms with Crippen LogP contribution in [0.4, 0.5) is 9.59 Å². The number of rotatable bonds is 10. The topological polar surface area (TPSA) is 175 Å². The van der Waals surface area contributed by atoms with Crippen molar-refractivity contribution in [3.63, 3.8) is 0 Å². The smallest absolute Gasteiger partial charge is 0.407 e. The second-order valence-electron chi connectivity index (χ2n) is 16.3.